The number of nitrogens with two attached hydrogens (primary N) is 2. The molecule has 0 aliphatic carbocycles. The average Bonchev–Trinajstić information content (AvgIpc) is 3.18. The Labute approximate surface area is 184 Å². The van der Waals surface area contributed by atoms with E-state index in [1.165, 1.54) is 0 Å². The summed E-state index contributed by atoms with van der Waals surface area (Å²) in [6.45, 7) is 0. The second-order valence-electron chi connectivity index (χ2n) is 6.87. The van der Waals surface area contributed by atoms with Crippen LogP contribution < -0.4 is 16.2 Å². The highest BCUT2D eigenvalue weighted by atomic mass is 32.1. The summed E-state index contributed by atoms with van der Waals surface area (Å²) >= 11 is 1.59. The van der Waals surface area contributed by atoms with Gasteiger partial charge in [-0.3, -0.25) is 4.79 Å². The highest BCUT2D eigenvalue weighted by Gasteiger charge is 2.18. The maximum Gasteiger partial charge on any atom is 0.253 e. The van der Waals surface area contributed by atoms with Crippen LogP contribution in [0.5, 0.6) is 11.5 Å². The molecule has 0 fully saturated rings. The normalized spacial score (nSPS) is 10.5. The number of carbonyl (C=O) groups excluding carboxylic acids is 1. The van der Waals surface area contributed by atoms with Crippen molar-refractivity contribution in [3.63, 3.8) is 0 Å². The van der Waals surface area contributed by atoms with Gasteiger partial charge in [0.25, 0.3) is 5.91 Å². The second-order valence-corrected chi connectivity index (χ2v) is 7.75. The van der Waals surface area contributed by atoms with Gasteiger partial charge in [-0.15, -0.1) is 11.3 Å². The first-order valence-corrected chi connectivity index (χ1v) is 10.6. The average molecular weight is 428 g/mol. The molecule has 1 amide bonds. The quantitative estimate of drug-likeness (QED) is 0.326. The molecule has 0 aliphatic heterocycles. The summed E-state index contributed by atoms with van der Waals surface area (Å²) in [7, 11) is 0. The molecule has 0 atom stereocenters. The van der Waals surface area contributed by atoms with Gasteiger partial charge in [-0.1, -0.05) is 48.5 Å². The number of hydrogen-bond donors (Lipinski definition) is 2. The zero-order valence-corrected chi connectivity index (χ0v) is 17.5. The fraction of sp³-hybridized carbons (Fsp3) is 0.0400. The molecule has 0 aliphatic rings. The lowest BCUT2D eigenvalue weighted by Crippen LogP contribution is -2.24. The van der Waals surface area contributed by atoms with Crippen molar-refractivity contribution in [2.24, 2.45) is 16.5 Å². The second kappa shape index (κ2) is 9.28. The van der Waals surface area contributed by atoms with Crippen molar-refractivity contribution in [1.82, 2.24) is 0 Å². The van der Waals surface area contributed by atoms with Gasteiger partial charge in [-0.05, 0) is 64.0 Å². The monoisotopic (exact) mass is 427 g/mol. The molecular formula is C25H21N3O2S. The first-order chi connectivity index (χ1) is 15.1. The van der Waals surface area contributed by atoms with Gasteiger partial charge in [0.2, 0.25) is 0 Å². The van der Waals surface area contributed by atoms with Gasteiger partial charge < -0.3 is 16.2 Å². The maximum atomic E-state index is 12.4. The number of ether oxygens (including phenoxy) is 1. The SMILES string of the molecule is NC(N)=NC(=O)Cc1c(-c2ccccc2)csc1-c1ccc(Oc2ccccc2)cc1. The summed E-state index contributed by atoms with van der Waals surface area (Å²) < 4.78 is 5.89. The van der Waals surface area contributed by atoms with Gasteiger partial charge in [0.15, 0.2) is 5.96 Å². The fourth-order valence-electron chi connectivity index (χ4n) is 3.29. The molecule has 4 aromatic rings. The van der Waals surface area contributed by atoms with Crippen molar-refractivity contribution in [2.75, 3.05) is 0 Å². The number of rotatable bonds is 6. The Hall–Kier alpha value is -3.90. The molecule has 4 N–H and O–H groups in total. The lowest BCUT2D eigenvalue weighted by molar-refractivity contribution is -0.117. The first-order valence-electron chi connectivity index (χ1n) is 9.72. The Morgan fingerprint density at radius 3 is 2.06 bits per heavy atom. The van der Waals surface area contributed by atoms with E-state index in [2.05, 4.69) is 10.4 Å². The molecule has 6 heteroatoms. The third-order valence-corrected chi connectivity index (χ3v) is 5.73. The molecule has 1 heterocycles. The Balaban J connectivity index is 1.68. The third-order valence-electron chi connectivity index (χ3n) is 4.66. The molecule has 4 rings (SSSR count). The van der Waals surface area contributed by atoms with Crippen LogP contribution in [0.15, 0.2) is 95.3 Å². The number of nitrogens with zero attached hydrogens (tertiary/aromatic N) is 1. The third kappa shape index (κ3) is 4.99. The van der Waals surface area contributed by atoms with Crippen molar-refractivity contribution in [3.05, 3.63) is 95.9 Å². The Morgan fingerprint density at radius 2 is 1.42 bits per heavy atom. The number of aliphatic imine (C=N–C) groups is 1. The predicted molar refractivity (Wildman–Crippen MR) is 126 cm³/mol. The van der Waals surface area contributed by atoms with E-state index in [0.29, 0.717) is 0 Å². The van der Waals surface area contributed by atoms with E-state index < -0.39 is 0 Å². The van der Waals surface area contributed by atoms with Crippen LogP contribution in [0.2, 0.25) is 0 Å². The number of carbonyl (C=O) groups is 1. The van der Waals surface area contributed by atoms with Gasteiger partial charge >= 0.3 is 0 Å². The van der Waals surface area contributed by atoms with Gasteiger partial charge in [-0.2, -0.15) is 4.99 Å². The van der Waals surface area contributed by atoms with Crippen molar-refractivity contribution < 1.29 is 9.53 Å². The topological polar surface area (TPSA) is 90.7 Å². The van der Waals surface area contributed by atoms with E-state index in [0.717, 1.165) is 38.6 Å². The van der Waals surface area contributed by atoms with Crippen LogP contribution in [0.3, 0.4) is 0 Å². The van der Waals surface area contributed by atoms with Crippen molar-refractivity contribution >= 4 is 23.2 Å². The molecule has 0 spiro atoms. The summed E-state index contributed by atoms with van der Waals surface area (Å²) in [4.78, 5) is 17.1. The molecule has 1 aromatic heterocycles. The molecule has 0 radical (unpaired) electrons. The lowest BCUT2D eigenvalue weighted by atomic mass is 9.98. The van der Waals surface area contributed by atoms with Crippen LogP contribution in [0.25, 0.3) is 21.6 Å². The van der Waals surface area contributed by atoms with Crippen LogP contribution in [-0.2, 0) is 11.2 Å². The molecule has 5 nitrogen and oxygen atoms in total. The number of guanidine groups is 1. The zero-order valence-electron chi connectivity index (χ0n) is 16.7. The van der Waals surface area contributed by atoms with E-state index in [4.69, 9.17) is 16.2 Å². The summed E-state index contributed by atoms with van der Waals surface area (Å²) in [6, 6.07) is 27.4. The molecule has 0 saturated heterocycles. The highest BCUT2D eigenvalue weighted by Crippen LogP contribution is 2.39. The van der Waals surface area contributed by atoms with Crippen LogP contribution in [0.4, 0.5) is 0 Å². The molecule has 3 aromatic carbocycles. The van der Waals surface area contributed by atoms with E-state index in [1.54, 1.807) is 11.3 Å². The Morgan fingerprint density at radius 1 is 0.806 bits per heavy atom. The molecule has 0 saturated carbocycles. The number of amides is 1. The van der Waals surface area contributed by atoms with Crippen LogP contribution in [0.1, 0.15) is 5.56 Å². The largest absolute Gasteiger partial charge is 0.457 e. The Kier molecular flexibility index (Phi) is 6.10. The van der Waals surface area contributed by atoms with E-state index in [9.17, 15) is 4.79 Å². The van der Waals surface area contributed by atoms with Crippen molar-refractivity contribution in [3.8, 4) is 33.1 Å². The smallest absolute Gasteiger partial charge is 0.253 e. The van der Waals surface area contributed by atoms with Gasteiger partial charge in [0.1, 0.15) is 11.5 Å². The van der Waals surface area contributed by atoms with E-state index >= 15 is 0 Å². The predicted octanol–water partition coefficient (Wildman–Crippen LogP) is 5.22. The Bertz CT molecular complexity index is 1200. The van der Waals surface area contributed by atoms with Crippen LogP contribution >= 0.6 is 11.3 Å². The lowest BCUT2D eigenvalue weighted by Gasteiger charge is -2.09. The minimum Gasteiger partial charge on any atom is -0.457 e. The number of benzene rings is 3. The molecule has 0 bridgehead atoms. The van der Waals surface area contributed by atoms with Crippen molar-refractivity contribution in [2.45, 2.75) is 6.42 Å². The van der Waals surface area contributed by atoms with Gasteiger partial charge in [-0.25, -0.2) is 0 Å². The molecule has 154 valence electrons. The summed E-state index contributed by atoms with van der Waals surface area (Å²) in [5.74, 6) is 0.917. The first kappa shape index (κ1) is 20.4. The number of thiophene rings is 1. The van der Waals surface area contributed by atoms with Gasteiger partial charge in [0.05, 0.1) is 6.42 Å². The fourth-order valence-corrected chi connectivity index (χ4v) is 4.40. The zero-order chi connectivity index (χ0) is 21.6. The van der Waals surface area contributed by atoms with E-state index in [1.807, 2.05) is 84.9 Å². The van der Waals surface area contributed by atoms with Crippen molar-refractivity contribution in [1.29, 1.82) is 0 Å². The minimum absolute atomic E-state index is 0.114. The standard InChI is InChI=1S/C25H21N3O2S/c26-25(27)28-23(29)15-21-22(17-7-3-1-4-8-17)16-31-24(21)18-11-13-20(14-12-18)30-19-9-5-2-6-10-19/h1-14,16H,15H2,(H4,26,27,28,29). The van der Waals surface area contributed by atoms with E-state index in [-0.39, 0.29) is 18.3 Å². The maximum absolute atomic E-state index is 12.4. The summed E-state index contributed by atoms with van der Waals surface area (Å²) in [5.41, 5.74) is 14.7. The minimum atomic E-state index is -0.374. The summed E-state index contributed by atoms with van der Waals surface area (Å²) in [5, 5.41) is 2.07. The number of hydrogen-bond acceptors (Lipinski definition) is 3. The van der Waals surface area contributed by atoms with Gasteiger partial charge in [0, 0.05) is 4.88 Å². The molecule has 31 heavy (non-hydrogen) atoms. The molecule has 0 unspecified atom stereocenters. The summed E-state index contributed by atoms with van der Waals surface area (Å²) in [6.07, 6.45) is 0.114. The molecular weight excluding hydrogens is 406 g/mol. The highest BCUT2D eigenvalue weighted by molar-refractivity contribution is 7.14. The van der Waals surface area contributed by atoms with Crippen LogP contribution in [0, 0.1) is 0 Å². The van der Waals surface area contributed by atoms with Crippen LogP contribution in [-0.4, -0.2) is 11.9 Å². The number of para-hydroxylation sites is 1.